The number of hydrogen-bond acceptors (Lipinski definition) is 6. The molecule has 3 aromatic carbocycles. The number of carboxylic acids is 1. The van der Waals surface area contributed by atoms with Crippen molar-refractivity contribution in [1.82, 2.24) is 10.2 Å². The number of anilines is 2. The van der Waals surface area contributed by atoms with Crippen molar-refractivity contribution in [3.05, 3.63) is 71.8 Å². The van der Waals surface area contributed by atoms with Crippen LogP contribution < -0.4 is 15.1 Å². The number of aliphatic carboxylic acids is 1. The summed E-state index contributed by atoms with van der Waals surface area (Å²) in [7, 11) is 1.43. The average molecular weight is 617 g/mol. The molecule has 11 heteroatoms. The third-order valence-electron chi connectivity index (χ3n) is 7.80. The third-order valence-corrected chi connectivity index (χ3v) is 7.80. The Morgan fingerprint density at radius 1 is 1.00 bits per heavy atom. The van der Waals surface area contributed by atoms with E-state index in [2.05, 4.69) is 5.32 Å². The molecular formula is C34H40N4O7. The van der Waals surface area contributed by atoms with Gasteiger partial charge in [0, 0.05) is 13.5 Å². The summed E-state index contributed by atoms with van der Waals surface area (Å²) in [6, 6.07) is 16.6. The first kappa shape index (κ1) is 33.0. The Bertz CT molecular complexity index is 1630. The van der Waals surface area contributed by atoms with Gasteiger partial charge in [0.05, 0.1) is 30.9 Å². The molecular weight excluding hydrogens is 576 g/mol. The van der Waals surface area contributed by atoms with Crippen LogP contribution in [-0.4, -0.2) is 71.1 Å². The van der Waals surface area contributed by atoms with Crippen LogP contribution in [0.3, 0.4) is 0 Å². The lowest BCUT2D eigenvalue weighted by Gasteiger charge is -2.30. The SMILES string of the molecule is Cc1ccc2ccccc2c1CN1C(=O)C(NC(=O)C(C)N(C)C(=O)OC(C)(C)C)CN(C(=O)CCC(=O)O)c2ccccc21. The maximum Gasteiger partial charge on any atom is 0.410 e. The predicted octanol–water partition coefficient (Wildman–Crippen LogP) is 4.63. The van der Waals surface area contributed by atoms with Gasteiger partial charge in [-0.05, 0) is 68.7 Å². The Hall–Kier alpha value is -4.93. The van der Waals surface area contributed by atoms with Crippen LogP contribution in [0.2, 0.25) is 0 Å². The number of aryl methyl sites for hydroxylation is 1. The highest BCUT2D eigenvalue weighted by atomic mass is 16.6. The van der Waals surface area contributed by atoms with E-state index >= 15 is 0 Å². The van der Waals surface area contributed by atoms with Gasteiger partial charge < -0.3 is 25.0 Å². The first-order valence-electron chi connectivity index (χ1n) is 14.8. The van der Waals surface area contributed by atoms with Crippen LogP contribution in [0.4, 0.5) is 16.2 Å². The molecule has 0 saturated heterocycles. The minimum absolute atomic E-state index is 0.153. The predicted molar refractivity (Wildman–Crippen MR) is 171 cm³/mol. The molecule has 4 amide bonds. The Morgan fingerprint density at radius 3 is 2.31 bits per heavy atom. The molecule has 0 aliphatic carbocycles. The topological polar surface area (TPSA) is 137 Å². The van der Waals surface area contributed by atoms with Crippen molar-refractivity contribution in [2.45, 2.75) is 71.7 Å². The zero-order valence-corrected chi connectivity index (χ0v) is 26.5. The van der Waals surface area contributed by atoms with E-state index in [-0.39, 0.29) is 25.9 Å². The Labute approximate surface area is 262 Å². The molecule has 0 spiro atoms. The zero-order valence-electron chi connectivity index (χ0n) is 26.5. The summed E-state index contributed by atoms with van der Waals surface area (Å²) >= 11 is 0. The van der Waals surface area contributed by atoms with Crippen LogP contribution in [0, 0.1) is 6.92 Å². The molecule has 2 atom stereocenters. The van der Waals surface area contributed by atoms with E-state index in [1.54, 1.807) is 49.9 Å². The van der Waals surface area contributed by atoms with Crippen molar-refractivity contribution in [3.8, 4) is 0 Å². The largest absolute Gasteiger partial charge is 0.481 e. The lowest BCUT2D eigenvalue weighted by atomic mass is 9.99. The zero-order chi connectivity index (χ0) is 33.1. The van der Waals surface area contributed by atoms with Gasteiger partial charge in [0.15, 0.2) is 0 Å². The first-order chi connectivity index (χ1) is 21.2. The second-order valence-corrected chi connectivity index (χ2v) is 12.2. The maximum atomic E-state index is 14.4. The normalized spacial score (nSPS) is 15.6. The molecule has 1 heterocycles. The number of hydrogen-bond donors (Lipinski definition) is 2. The third kappa shape index (κ3) is 7.60. The van der Waals surface area contributed by atoms with Crippen molar-refractivity contribution in [3.63, 3.8) is 0 Å². The highest BCUT2D eigenvalue weighted by molar-refractivity contribution is 6.08. The second-order valence-electron chi connectivity index (χ2n) is 12.2. The number of rotatable bonds is 8. The number of para-hydroxylation sites is 2. The molecule has 11 nitrogen and oxygen atoms in total. The molecule has 1 aliphatic heterocycles. The highest BCUT2D eigenvalue weighted by Gasteiger charge is 2.38. The van der Waals surface area contributed by atoms with Crippen LogP contribution in [0.15, 0.2) is 60.7 Å². The summed E-state index contributed by atoms with van der Waals surface area (Å²) in [6.07, 6.45) is -1.39. The quantitative estimate of drug-likeness (QED) is 0.377. The first-order valence-corrected chi connectivity index (χ1v) is 14.8. The van der Waals surface area contributed by atoms with Gasteiger partial charge in [-0.15, -0.1) is 0 Å². The molecule has 0 saturated carbocycles. The number of carbonyl (C=O) groups is 5. The Balaban J connectivity index is 1.74. The van der Waals surface area contributed by atoms with Gasteiger partial charge in [-0.3, -0.25) is 24.1 Å². The van der Waals surface area contributed by atoms with Crippen LogP contribution in [-0.2, 0) is 30.5 Å². The molecule has 1 aliphatic rings. The van der Waals surface area contributed by atoms with E-state index in [4.69, 9.17) is 4.74 Å². The van der Waals surface area contributed by atoms with Crippen molar-refractivity contribution >= 4 is 51.9 Å². The molecule has 0 fully saturated rings. The molecule has 0 aromatic heterocycles. The number of ether oxygens (including phenoxy) is 1. The van der Waals surface area contributed by atoms with Gasteiger partial charge in [-0.2, -0.15) is 0 Å². The number of nitrogens with one attached hydrogen (secondary N) is 1. The van der Waals surface area contributed by atoms with Gasteiger partial charge in [0.2, 0.25) is 11.8 Å². The van der Waals surface area contributed by atoms with Crippen LogP contribution in [0.1, 0.15) is 51.7 Å². The van der Waals surface area contributed by atoms with E-state index < -0.39 is 47.5 Å². The number of carbonyl (C=O) groups excluding carboxylic acids is 4. The van der Waals surface area contributed by atoms with Crippen molar-refractivity contribution in [1.29, 1.82) is 0 Å². The highest BCUT2D eigenvalue weighted by Crippen LogP contribution is 2.36. The van der Waals surface area contributed by atoms with Gasteiger partial charge in [-0.1, -0.05) is 48.5 Å². The summed E-state index contributed by atoms with van der Waals surface area (Å²) in [4.78, 5) is 69.4. The van der Waals surface area contributed by atoms with E-state index in [1.165, 1.54) is 18.9 Å². The van der Waals surface area contributed by atoms with Gasteiger partial charge in [-0.25, -0.2) is 4.79 Å². The molecule has 0 bridgehead atoms. The minimum atomic E-state index is -1.21. The summed E-state index contributed by atoms with van der Waals surface area (Å²) in [5.74, 6) is -2.70. The smallest absolute Gasteiger partial charge is 0.410 e. The monoisotopic (exact) mass is 616 g/mol. The van der Waals surface area contributed by atoms with E-state index in [0.29, 0.717) is 11.4 Å². The lowest BCUT2D eigenvalue weighted by molar-refractivity contribution is -0.138. The van der Waals surface area contributed by atoms with Crippen LogP contribution in [0.25, 0.3) is 10.8 Å². The number of amides is 4. The second kappa shape index (κ2) is 13.4. The van der Waals surface area contributed by atoms with Gasteiger partial charge in [0.25, 0.3) is 5.91 Å². The minimum Gasteiger partial charge on any atom is -0.481 e. The van der Waals surface area contributed by atoms with Gasteiger partial charge in [0.1, 0.15) is 17.7 Å². The van der Waals surface area contributed by atoms with Gasteiger partial charge >= 0.3 is 12.1 Å². The number of carboxylic acid groups (broad SMARTS) is 1. The standard InChI is InChI=1S/C34H40N4O7/c1-21-15-16-23-11-7-8-12-24(23)25(21)19-38-28-14-10-9-13-27(28)37(29(39)17-18-30(40)41)20-26(32(38)43)35-31(42)22(2)36(6)33(44)45-34(3,4)5/h7-16,22,26H,17-20H2,1-6H3,(H,35,42)(H,40,41). The Morgan fingerprint density at radius 2 is 1.64 bits per heavy atom. The average Bonchev–Trinajstić information content (AvgIpc) is 3.10. The van der Waals surface area contributed by atoms with Crippen molar-refractivity contribution < 1.29 is 33.8 Å². The lowest BCUT2D eigenvalue weighted by Crippen LogP contribution is -2.57. The summed E-state index contributed by atoms with van der Waals surface area (Å²) in [5, 5.41) is 14.0. The maximum absolute atomic E-state index is 14.4. The van der Waals surface area contributed by atoms with Crippen molar-refractivity contribution in [2.75, 3.05) is 23.4 Å². The fourth-order valence-electron chi connectivity index (χ4n) is 5.22. The molecule has 0 radical (unpaired) electrons. The van der Waals surface area contributed by atoms with Crippen molar-refractivity contribution in [2.24, 2.45) is 0 Å². The summed E-state index contributed by atoms with van der Waals surface area (Å²) in [6.45, 7) is 8.55. The molecule has 3 aromatic rings. The number of nitrogens with zero attached hydrogens (tertiary/aromatic N) is 3. The number of fused-ring (bicyclic) bond motifs is 2. The molecule has 4 rings (SSSR count). The summed E-state index contributed by atoms with van der Waals surface area (Å²) in [5.41, 5.74) is 1.97. The number of benzene rings is 3. The van der Waals surface area contributed by atoms with Crippen LogP contribution in [0.5, 0.6) is 0 Å². The molecule has 2 N–H and O–H groups in total. The molecule has 2 unspecified atom stereocenters. The summed E-state index contributed by atoms with van der Waals surface area (Å²) < 4.78 is 5.40. The number of likely N-dealkylation sites (N-methyl/N-ethyl adjacent to an activating group) is 1. The fraction of sp³-hybridized carbons (Fsp3) is 0.382. The fourth-order valence-corrected chi connectivity index (χ4v) is 5.22. The van der Waals surface area contributed by atoms with E-state index in [0.717, 1.165) is 26.8 Å². The Kier molecular flexibility index (Phi) is 9.80. The van der Waals surface area contributed by atoms with Crippen LogP contribution >= 0.6 is 0 Å². The molecule has 45 heavy (non-hydrogen) atoms. The van der Waals surface area contributed by atoms with E-state index in [1.807, 2.05) is 43.3 Å². The molecule has 238 valence electrons. The van der Waals surface area contributed by atoms with E-state index in [9.17, 15) is 29.1 Å².